The van der Waals surface area contributed by atoms with Crippen LogP contribution in [0.2, 0.25) is 0 Å². The van der Waals surface area contributed by atoms with Crippen molar-refractivity contribution in [1.29, 1.82) is 0 Å². The van der Waals surface area contributed by atoms with Gasteiger partial charge < -0.3 is 29.7 Å². The van der Waals surface area contributed by atoms with Crippen LogP contribution in [0.5, 0.6) is 11.5 Å². The van der Waals surface area contributed by atoms with Crippen molar-refractivity contribution in [2.24, 2.45) is 11.3 Å². The molecular weight excluding hydrogens is 462 g/mol. The Balaban J connectivity index is 1.42. The molecule has 5 atom stereocenters. The number of nitrogens with one attached hydrogen (secondary N) is 1. The highest BCUT2D eigenvalue weighted by molar-refractivity contribution is 6.10. The van der Waals surface area contributed by atoms with Crippen LogP contribution in [0, 0.1) is 11.3 Å². The van der Waals surface area contributed by atoms with E-state index in [1.54, 1.807) is 23.1 Å². The third-order valence-electron chi connectivity index (χ3n) is 10.4. The fourth-order valence-electron chi connectivity index (χ4n) is 8.58. The summed E-state index contributed by atoms with van der Waals surface area (Å²) in [7, 11) is 1.77. The van der Waals surface area contributed by atoms with E-state index >= 15 is 0 Å². The molecule has 0 radical (unpaired) electrons. The molecule has 6 heterocycles. The second-order valence-corrected chi connectivity index (χ2v) is 12.5. The van der Waals surface area contributed by atoms with Crippen molar-refractivity contribution < 1.29 is 29.0 Å². The van der Waals surface area contributed by atoms with Crippen LogP contribution in [0.25, 0.3) is 0 Å². The molecule has 3 spiro atoms. The van der Waals surface area contributed by atoms with Crippen molar-refractivity contribution in [1.82, 2.24) is 9.80 Å². The molecule has 1 saturated carbocycles. The number of carbonyl (C=O) groups excluding carboxylic acids is 3. The Morgan fingerprint density at radius 2 is 1.89 bits per heavy atom. The minimum absolute atomic E-state index is 0.0371. The number of hydrogen-bond acceptors (Lipinski definition) is 6. The van der Waals surface area contributed by atoms with Gasteiger partial charge in [0.15, 0.2) is 11.5 Å². The van der Waals surface area contributed by atoms with E-state index in [0.717, 1.165) is 5.56 Å². The van der Waals surface area contributed by atoms with Gasteiger partial charge in [-0.3, -0.25) is 14.4 Å². The number of hydrogen-bond donors (Lipinski definition) is 2. The van der Waals surface area contributed by atoms with Gasteiger partial charge in [0, 0.05) is 13.6 Å². The van der Waals surface area contributed by atoms with Gasteiger partial charge in [0.25, 0.3) is 5.91 Å². The molecule has 1 aliphatic carbocycles. The molecule has 2 N–H and O–H groups in total. The fourth-order valence-corrected chi connectivity index (χ4v) is 8.58. The van der Waals surface area contributed by atoms with Crippen LogP contribution in [0.4, 0.5) is 5.69 Å². The highest BCUT2D eigenvalue weighted by Gasteiger charge is 2.81. The molecule has 5 fully saturated rings. The smallest absolute Gasteiger partial charge is 0.251 e. The van der Waals surface area contributed by atoms with Crippen LogP contribution in [0.15, 0.2) is 24.5 Å². The normalized spacial score (nSPS) is 40.3. The van der Waals surface area contributed by atoms with Gasteiger partial charge in [-0.05, 0) is 55.7 Å². The predicted octanol–water partition coefficient (Wildman–Crippen LogP) is 1.93. The Kier molecular flexibility index (Phi) is 3.74. The average molecular weight is 494 g/mol. The van der Waals surface area contributed by atoms with Gasteiger partial charge in [0.1, 0.15) is 11.1 Å². The molecule has 190 valence electrons. The van der Waals surface area contributed by atoms with Gasteiger partial charge >= 0.3 is 0 Å². The second-order valence-electron chi connectivity index (χ2n) is 12.5. The molecule has 3 amide bonds. The van der Waals surface area contributed by atoms with Crippen molar-refractivity contribution in [2.45, 2.75) is 75.2 Å². The lowest BCUT2D eigenvalue weighted by atomic mass is 9.57. The van der Waals surface area contributed by atoms with Crippen molar-refractivity contribution >= 4 is 23.4 Å². The maximum Gasteiger partial charge on any atom is 0.251 e. The van der Waals surface area contributed by atoms with Crippen molar-refractivity contribution in [3.8, 4) is 11.5 Å². The zero-order valence-corrected chi connectivity index (χ0v) is 21.2. The summed E-state index contributed by atoms with van der Waals surface area (Å²) < 4.78 is 12.1. The van der Waals surface area contributed by atoms with Gasteiger partial charge in [0.2, 0.25) is 11.8 Å². The average Bonchev–Trinajstić information content (AvgIpc) is 3.25. The lowest BCUT2D eigenvalue weighted by Gasteiger charge is -2.64. The van der Waals surface area contributed by atoms with E-state index in [1.165, 1.54) is 0 Å². The van der Waals surface area contributed by atoms with Crippen LogP contribution in [0.1, 0.15) is 52.5 Å². The largest absolute Gasteiger partial charge is 0.480 e. The molecule has 8 rings (SSSR count). The summed E-state index contributed by atoms with van der Waals surface area (Å²) in [4.78, 5) is 44.1. The number of anilines is 1. The Hall–Kier alpha value is -3.07. The Bertz CT molecular complexity index is 1320. The van der Waals surface area contributed by atoms with E-state index in [-0.39, 0.29) is 30.1 Å². The van der Waals surface area contributed by atoms with Crippen LogP contribution < -0.4 is 14.8 Å². The highest BCUT2D eigenvalue weighted by Crippen LogP contribution is 2.72. The van der Waals surface area contributed by atoms with Gasteiger partial charge in [0.05, 0.1) is 35.4 Å². The van der Waals surface area contributed by atoms with Crippen molar-refractivity contribution in [3.63, 3.8) is 0 Å². The molecule has 2 bridgehead atoms. The predicted molar refractivity (Wildman–Crippen MR) is 128 cm³/mol. The fraction of sp³-hybridized carbons (Fsp3) is 0.593. The summed E-state index contributed by atoms with van der Waals surface area (Å²) >= 11 is 0. The first-order valence-corrected chi connectivity index (χ1v) is 12.6. The van der Waals surface area contributed by atoms with Crippen LogP contribution in [0.3, 0.4) is 0 Å². The number of piperidine rings is 2. The maximum absolute atomic E-state index is 14.1. The molecule has 4 saturated heterocycles. The van der Waals surface area contributed by atoms with Gasteiger partial charge in [-0.2, -0.15) is 0 Å². The number of amides is 3. The molecule has 9 heteroatoms. The van der Waals surface area contributed by atoms with Gasteiger partial charge in [-0.25, -0.2) is 0 Å². The summed E-state index contributed by atoms with van der Waals surface area (Å²) in [6, 6.07) is 3.80. The number of aliphatic hydroxyl groups excluding tert-OH is 1. The highest BCUT2D eigenvalue weighted by atomic mass is 16.5. The van der Waals surface area contributed by atoms with Crippen LogP contribution >= 0.6 is 0 Å². The van der Waals surface area contributed by atoms with Crippen LogP contribution in [-0.2, 0) is 19.8 Å². The number of benzene rings is 1. The summed E-state index contributed by atoms with van der Waals surface area (Å²) in [5.41, 5.74) is -2.65. The van der Waals surface area contributed by atoms with E-state index < -0.39 is 33.6 Å². The number of rotatable bonds is 0. The molecule has 9 nitrogen and oxygen atoms in total. The molecular formula is C27H31N3O6. The SMILES string of the molecule is CN1C(=O)[C@]23C[C@H]4C(C)(C)[C@@]5(C[C@@]41CN2C(=O)C[C@@H]3O)C(=O)Nc1c5ccc2c1OC=CC(C)(C)O2. The monoisotopic (exact) mass is 493 g/mol. The standard InChI is InChI=1S/C27H31N3O6/c1-23(2)8-9-35-20-15(36-23)7-6-14-19(20)28-21(33)26(14)12-25-13-30-18(32)10-17(31)27(30,22(34)29(25)5)11-16(25)24(26,3)4/h6-9,16-17,31H,10-13H2,1-5H3,(H,28,33)/t16-,17-,25+,26+,27+/m0/s1. The van der Waals surface area contributed by atoms with Crippen LogP contribution in [-0.4, -0.2) is 69.0 Å². The summed E-state index contributed by atoms with van der Waals surface area (Å²) in [5, 5.41) is 14.1. The first kappa shape index (κ1) is 22.2. The zero-order chi connectivity index (χ0) is 25.6. The molecule has 6 aliphatic heterocycles. The van der Waals surface area contributed by atoms with Crippen molar-refractivity contribution in [2.75, 3.05) is 18.9 Å². The molecule has 0 unspecified atom stereocenters. The van der Waals surface area contributed by atoms with E-state index in [2.05, 4.69) is 19.2 Å². The quantitative estimate of drug-likeness (QED) is 0.572. The number of nitrogens with zero attached hydrogens (tertiary/aromatic N) is 2. The second kappa shape index (κ2) is 6.07. The number of aliphatic hydroxyl groups is 1. The lowest BCUT2D eigenvalue weighted by molar-refractivity contribution is -0.196. The first-order valence-electron chi connectivity index (χ1n) is 12.6. The maximum atomic E-state index is 14.1. The Morgan fingerprint density at radius 1 is 1.14 bits per heavy atom. The molecule has 1 aromatic rings. The number of ether oxygens (including phenoxy) is 2. The zero-order valence-electron chi connectivity index (χ0n) is 21.2. The van der Waals surface area contributed by atoms with Gasteiger partial charge in [-0.15, -0.1) is 0 Å². The van der Waals surface area contributed by atoms with E-state index in [9.17, 15) is 19.5 Å². The minimum atomic E-state index is -1.25. The molecule has 7 aliphatic rings. The lowest BCUT2D eigenvalue weighted by Crippen LogP contribution is -2.81. The summed E-state index contributed by atoms with van der Waals surface area (Å²) in [6.07, 6.45) is 3.07. The number of piperazine rings is 1. The van der Waals surface area contributed by atoms with E-state index in [1.807, 2.05) is 32.1 Å². The third kappa shape index (κ3) is 2.10. The van der Waals surface area contributed by atoms with E-state index in [0.29, 0.717) is 36.6 Å². The minimum Gasteiger partial charge on any atom is -0.480 e. The molecule has 0 aromatic heterocycles. The van der Waals surface area contributed by atoms with Gasteiger partial charge in [-0.1, -0.05) is 19.9 Å². The third-order valence-corrected chi connectivity index (χ3v) is 10.4. The Labute approximate surface area is 209 Å². The number of likely N-dealkylation sites (N-methyl/N-ethyl adjacent to an activating group) is 1. The first-order chi connectivity index (χ1) is 16.8. The Morgan fingerprint density at radius 3 is 2.64 bits per heavy atom. The molecule has 1 aromatic carbocycles. The summed E-state index contributed by atoms with van der Waals surface area (Å²) in [6.45, 7) is 8.38. The molecule has 36 heavy (non-hydrogen) atoms. The topological polar surface area (TPSA) is 108 Å². The summed E-state index contributed by atoms with van der Waals surface area (Å²) in [5.74, 6) is 0.374. The van der Waals surface area contributed by atoms with E-state index in [4.69, 9.17) is 9.47 Å². The number of carbonyl (C=O) groups is 3. The number of fused-ring (bicyclic) bond motifs is 5. The van der Waals surface area contributed by atoms with Crippen molar-refractivity contribution in [3.05, 3.63) is 30.0 Å².